The van der Waals surface area contributed by atoms with E-state index in [2.05, 4.69) is 21.1 Å². The maximum Gasteiger partial charge on any atom is 0.269 e. The lowest BCUT2D eigenvalue weighted by atomic mass is 9.90. The maximum atomic E-state index is 12.3. The molecule has 0 radical (unpaired) electrons. The van der Waals surface area contributed by atoms with Crippen molar-refractivity contribution in [1.29, 1.82) is 10.5 Å². The number of nitrogens with zero attached hydrogens (tertiary/aromatic N) is 4. The number of amides is 1. The summed E-state index contributed by atoms with van der Waals surface area (Å²) < 4.78 is 5.37. The molecule has 0 saturated carbocycles. The largest absolute Gasteiger partial charge is 0.369 e. The first-order valence-electron chi connectivity index (χ1n) is 6.51. The van der Waals surface area contributed by atoms with Gasteiger partial charge in [0.2, 0.25) is 0 Å². The van der Waals surface area contributed by atoms with E-state index in [0.717, 1.165) is 4.90 Å². The van der Waals surface area contributed by atoms with Crippen molar-refractivity contribution in [3.63, 3.8) is 0 Å². The molecule has 0 aromatic carbocycles. The number of aliphatic hydroxyl groups is 1. The van der Waals surface area contributed by atoms with Gasteiger partial charge in [0.15, 0.2) is 17.8 Å². The monoisotopic (exact) mass is 364 g/mol. The lowest BCUT2D eigenvalue weighted by molar-refractivity contribution is -0.115. The lowest BCUT2D eigenvalue weighted by Crippen LogP contribution is -2.36. The van der Waals surface area contributed by atoms with Crippen molar-refractivity contribution in [2.45, 2.75) is 38.8 Å². The van der Waals surface area contributed by atoms with Gasteiger partial charge in [0.05, 0.1) is 10.6 Å². The van der Waals surface area contributed by atoms with Gasteiger partial charge in [0.25, 0.3) is 5.91 Å². The molecule has 0 bridgehead atoms. The highest BCUT2D eigenvalue weighted by Gasteiger charge is 2.42. The molecular formula is C14H13BrN4O3. The van der Waals surface area contributed by atoms with Crippen molar-refractivity contribution < 1.29 is 14.4 Å². The number of hydrogen-bond donors (Lipinski definition) is 1. The van der Waals surface area contributed by atoms with Crippen LogP contribution in [-0.4, -0.2) is 22.4 Å². The van der Waals surface area contributed by atoms with Crippen LogP contribution in [0.1, 0.15) is 38.5 Å². The zero-order valence-electron chi connectivity index (χ0n) is 12.2. The number of halogens is 1. The SMILES string of the molecule is CCC1=C(Br)C(=O)N(c2noc(C(C)(C)C#N)c2C#N)C1O. The molecule has 114 valence electrons. The fourth-order valence-electron chi connectivity index (χ4n) is 2.20. The van der Waals surface area contributed by atoms with Gasteiger partial charge in [-0.15, -0.1) is 0 Å². The number of aliphatic hydroxyl groups excluding tert-OH is 1. The molecule has 2 heterocycles. The summed E-state index contributed by atoms with van der Waals surface area (Å²) in [6.07, 6.45) is -0.762. The predicted octanol–water partition coefficient (Wildman–Crippen LogP) is 2.07. The molecule has 1 aliphatic heterocycles. The third kappa shape index (κ3) is 2.21. The molecule has 0 aliphatic carbocycles. The molecule has 1 atom stereocenters. The van der Waals surface area contributed by atoms with Crippen molar-refractivity contribution >= 4 is 27.7 Å². The summed E-state index contributed by atoms with van der Waals surface area (Å²) in [5.41, 5.74) is -0.614. The first-order chi connectivity index (χ1) is 10.3. The average molecular weight is 365 g/mol. The fraction of sp³-hybridized carbons (Fsp3) is 0.429. The molecule has 1 aromatic rings. The molecule has 8 heteroatoms. The molecule has 1 aliphatic rings. The van der Waals surface area contributed by atoms with Crippen molar-refractivity contribution in [3.8, 4) is 12.1 Å². The third-order valence-electron chi connectivity index (χ3n) is 3.49. The molecule has 22 heavy (non-hydrogen) atoms. The smallest absolute Gasteiger partial charge is 0.269 e. The summed E-state index contributed by atoms with van der Waals surface area (Å²) in [6, 6.07) is 3.92. The molecule has 1 amide bonds. The Morgan fingerprint density at radius 3 is 2.59 bits per heavy atom. The van der Waals surface area contributed by atoms with Crippen LogP contribution in [0.5, 0.6) is 0 Å². The summed E-state index contributed by atoms with van der Waals surface area (Å²) in [4.78, 5) is 13.3. The fourth-order valence-corrected chi connectivity index (χ4v) is 2.87. The van der Waals surface area contributed by atoms with Gasteiger partial charge in [-0.05, 0) is 41.8 Å². The number of rotatable bonds is 3. The third-order valence-corrected chi connectivity index (χ3v) is 4.34. The molecule has 1 unspecified atom stereocenters. The minimum atomic E-state index is -1.22. The summed E-state index contributed by atoms with van der Waals surface area (Å²) in [6.45, 7) is 4.95. The molecule has 1 N–H and O–H groups in total. The topological polar surface area (TPSA) is 114 Å². The van der Waals surface area contributed by atoms with Crippen LogP contribution in [0.2, 0.25) is 0 Å². The normalized spacial score (nSPS) is 18.6. The standard InChI is InChI=1S/C14H13BrN4O3/c1-4-7-9(15)13(21)19(12(7)20)11-8(5-16)10(22-18-11)14(2,3)6-17/h12,20H,4H2,1-3H3. The quantitative estimate of drug-likeness (QED) is 0.877. The first-order valence-corrected chi connectivity index (χ1v) is 7.31. The van der Waals surface area contributed by atoms with Crippen LogP contribution in [0.4, 0.5) is 5.82 Å². The Labute approximate surface area is 135 Å². The Bertz CT molecular complexity index is 751. The number of hydrogen-bond acceptors (Lipinski definition) is 6. The Morgan fingerprint density at radius 2 is 2.14 bits per heavy atom. The van der Waals surface area contributed by atoms with E-state index in [1.807, 2.05) is 12.1 Å². The van der Waals surface area contributed by atoms with Gasteiger partial charge in [-0.3, -0.25) is 9.69 Å². The van der Waals surface area contributed by atoms with E-state index in [1.54, 1.807) is 20.8 Å². The summed E-state index contributed by atoms with van der Waals surface area (Å²) in [7, 11) is 0. The lowest BCUT2D eigenvalue weighted by Gasteiger charge is -2.19. The Kier molecular flexibility index (Phi) is 4.10. The number of nitriles is 2. The summed E-state index contributed by atoms with van der Waals surface area (Å²) in [5.74, 6) is -0.525. The van der Waals surface area contributed by atoms with Crippen molar-refractivity contribution in [2.24, 2.45) is 0 Å². The van der Waals surface area contributed by atoms with E-state index in [4.69, 9.17) is 4.52 Å². The van der Waals surface area contributed by atoms with Gasteiger partial charge in [0, 0.05) is 0 Å². The van der Waals surface area contributed by atoms with Crippen molar-refractivity contribution in [2.75, 3.05) is 4.90 Å². The minimum Gasteiger partial charge on any atom is -0.369 e. The first kappa shape index (κ1) is 16.2. The van der Waals surface area contributed by atoms with Gasteiger partial charge < -0.3 is 9.63 Å². The second-order valence-electron chi connectivity index (χ2n) is 5.30. The van der Waals surface area contributed by atoms with E-state index < -0.39 is 17.6 Å². The van der Waals surface area contributed by atoms with Crippen LogP contribution in [0.3, 0.4) is 0 Å². The summed E-state index contributed by atoms with van der Waals surface area (Å²) >= 11 is 3.15. The van der Waals surface area contributed by atoms with Gasteiger partial charge >= 0.3 is 0 Å². The Hall–Kier alpha value is -2.16. The second kappa shape index (κ2) is 5.56. The molecule has 0 spiro atoms. The van der Waals surface area contributed by atoms with Crippen molar-refractivity contribution in [3.05, 3.63) is 21.4 Å². The van der Waals surface area contributed by atoms with Crippen LogP contribution < -0.4 is 4.90 Å². The highest BCUT2D eigenvalue weighted by Crippen LogP contribution is 2.38. The van der Waals surface area contributed by atoms with Gasteiger partial charge in [-0.2, -0.15) is 10.5 Å². The van der Waals surface area contributed by atoms with Gasteiger partial charge in [-0.25, -0.2) is 0 Å². The summed E-state index contributed by atoms with van der Waals surface area (Å²) in [5, 5.41) is 32.6. The number of anilines is 1. The zero-order valence-corrected chi connectivity index (χ0v) is 13.8. The molecule has 0 saturated heterocycles. The number of carbonyl (C=O) groups is 1. The molecule has 7 nitrogen and oxygen atoms in total. The van der Waals surface area contributed by atoms with Crippen LogP contribution in [0.15, 0.2) is 14.6 Å². The molecule has 2 rings (SSSR count). The minimum absolute atomic E-state index is 0.0309. The van der Waals surface area contributed by atoms with Gasteiger partial charge in [-0.1, -0.05) is 12.1 Å². The van der Waals surface area contributed by atoms with Crippen LogP contribution >= 0.6 is 15.9 Å². The van der Waals surface area contributed by atoms with E-state index in [-0.39, 0.29) is 21.6 Å². The van der Waals surface area contributed by atoms with Crippen LogP contribution in [-0.2, 0) is 10.2 Å². The predicted molar refractivity (Wildman–Crippen MR) is 79.6 cm³/mol. The molecule has 1 aromatic heterocycles. The van der Waals surface area contributed by atoms with Crippen molar-refractivity contribution in [1.82, 2.24) is 5.16 Å². The molecular weight excluding hydrogens is 352 g/mol. The van der Waals surface area contributed by atoms with Crippen LogP contribution in [0, 0.1) is 22.7 Å². The number of carbonyl (C=O) groups excluding carboxylic acids is 1. The highest BCUT2D eigenvalue weighted by molar-refractivity contribution is 9.12. The molecule has 0 fully saturated rings. The zero-order chi connectivity index (χ0) is 16.7. The highest BCUT2D eigenvalue weighted by atomic mass is 79.9. The van der Waals surface area contributed by atoms with Crippen LogP contribution in [0.25, 0.3) is 0 Å². The van der Waals surface area contributed by atoms with E-state index >= 15 is 0 Å². The average Bonchev–Trinajstić information content (AvgIpc) is 2.99. The van der Waals surface area contributed by atoms with E-state index in [9.17, 15) is 20.4 Å². The van der Waals surface area contributed by atoms with E-state index in [0.29, 0.717) is 12.0 Å². The van der Waals surface area contributed by atoms with E-state index in [1.165, 1.54) is 0 Å². The Morgan fingerprint density at radius 1 is 1.50 bits per heavy atom. The maximum absolute atomic E-state index is 12.3. The Balaban J connectivity index is 2.56. The van der Waals surface area contributed by atoms with Gasteiger partial charge in [0.1, 0.15) is 17.0 Å². The second-order valence-corrected chi connectivity index (χ2v) is 6.09. The number of aromatic nitrogens is 1.